The van der Waals surface area contributed by atoms with E-state index in [0.717, 1.165) is 22.2 Å². The Morgan fingerprint density at radius 1 is 1.10 bits per heavy atom. The second-order valence-corrected chi connectivity index (χ2v) is 4.86. The largest absolute Gasteiger partial charge is 0.478 e. The molecule has 0 bridgehead atoms. The molecule has 1 aromatic heterocycles. The fraction of sp³-hybridized carbons (Fsp3) is 0.0588. The molecule has 0 radical (unpaired) electrons. The lowest BCUT2D eigenvalue weighted by Crippen LogP contribution is -2.04. The predicted molar refractivity (Wildman–Crippen MR) is 83.2 cm³/mol. The summed E-state index contributed by atoms with van der Waals surface area (Å²) in [4.78, 5) is 15.3. The number of anilines is 2. The molecule has 0 spiro atoms. The van der Waals surface area contributed by atoms with Gasteiger partial charge in [0, 0.05) is 17.6 Å². The van der Waals surface area contributed by atoms with E-state index in [1.54, 1.807) is 6.07 Å². The van der Waals surface area contributed by atoms with Gasteiger partial charge < -0.3 is 10.4 Å². The number of carboxylic acids is 1. The smallest absolute Gasteiger partial charge is 0.339 e. The molecule has 3 aromatic rings. The monoisotopic (exact) mass is 278 g/mol. The van der Waals surface area contributed by atoms with E-state index >= 15 is 0 Å². The van der Waals surface area contributed by atoms with Crippen molar-refractivity contribution in [3.8, 4) is 0 Å². The summed E-state index contributed by atoms with van der Waals surface area (Å²) in [6.45, 7) is 1.83. The molecular weight excluding hydrogens is 264 g/mol. The Hall–Kier alpha value is -2.88. The molecule has 21 heavy (non-hydrogen) atoms. The zero-order valence-electron chi connectivity index (χ0n) is 11.5. The van der Waals surface area contributed by atoms with Crippen molar-refractivity contribution in [2.24, 2.45) is 0 Å². The molecule has 4 heteroatoms. The molecule has 4 nitrogen and oxygen atoms in total. The molecule has 0 fully saturated rings. The Morgan fingerprint density at radius 2 is 1.86 bits per heavy atom. The van der Waals surface area contributed by atoms with Crippen LogP contribution in [0.3, 0.4) is 0 Å². The second-order valence-electron chi connectivity index (χ2n) is 4.86. The zero-order valence-corrected chi connectivity index (χ0v) is 11.5. The van der Waals surface area contributed by atoms with E-state index in [-0.39, 0.29) is 5.56 Å². The van der Waals surface area contributed by atoms with Crippen LogP contribution in [0.25, 0.3) is 10.8 Å². The van der Waals surface area contributed by atoms with E-state index in [0.29, 0.717) is 5.69 Å². The molecular formula is C17H14N2O2. The number of benzene rings is 2. The molecule has 3 rings (SSSR count). The number of fused-ring (bicyclic) bond motifs is 1. The molecule has 2 N–H and O–H groups in total. The third-order valence-electron chi connectivity index (χ3n) is 3.30. The lowest BCUT2D eigenvalue weighted by atomic mass is 10.1. The molecule has 104 valence electrons. The number of pyridine rings is 1. The maximum Gasteiger partial charge on any atom is 0.339 e. The van der Waals surface area contributed by atoms with Crippen molar-refractivity contribution in [3.63, 3.8) is 0 Å². The van der Waals surface area contributed by atoms with E-state index in [2.05, 4.69) is 10.3 Å². The van der Waals surface area contributed by atoms with Gasteiger partial charge in [-0.25, -0.2) is 4.79 Å². The molecule has 2 aromatic carbocycles. The first-order chi connectivity index (χ1) is 10.1. The Labute approximate surface area is 122 Å². The molecule has 0 aliphatic rings. The minimum Gasteiger partial charge on any atom is -0.478 e. The van der Waals surface area contributed by atoms with Gasteiger partial charge in [0.15, 0.2) is 0 Å². The van der Waals surface area contributed by atoms with Gasteiger partial charge in [-0.05, 0) is 35.9 Å². The Bertz CT molecular complexity index is 828. The van der Waals surface area contributed by atoms with Crippen molar-refractivity contribution in [1.29, 1.82) is 0 Å². The van der Waals surface area contributed by atoms with Gasteiger partial charge in [-0.2, -0.15) is 0 Å². The van der Waals surface area contributed by atoms with Crippen LogP contribution in [-0.2, 0) is 0 Å². The third kappa shape index (κ3) is 2.69. The van der Waals surface area contributed by atoms with E-state index in [1.807, 2.05) is 49.4 Å². The number of nitrogens with zero attached hydrogens (tertiary/aromatic N) is 1. The fourth-order valence-electron chi connectivity index (χ4n) is 2.26. The highest BCUT2D eigenvalue weighted by Crippen LogP contribution is 2.24. The Kier molecular flexibility index (Phi) is 3.28. The summed E-state index contributed by atoms with van der Waals surface area (Å²) in [5.41, 5.74) is 2.32. The topological polar surface area (TPSA) is 62.2 Å². The summed E-state index contributed by atoms with van der Waals surface area (Å²) in [5.74, 6) is -0.995. The third-order valence-corrected chi connectivity index (χ3v) is 3.30. The molecule has 0 atom stereocenters. The van der Waals surface area contributed by atoms with Crippen molar-refractivity contribution in [3.05, 3.63) is 66.0 Å². The SMILES string of the molecule is Cc1cc(Nc2ccc3ccccc3c2)c(C(=O)O)cn1. The first kappa shape index (κ1) is 13.1. The average Bonchev–Trinajstić information content (AvgIpc) is 2.47. The van der Waals surface area contributed by atoms with Crippen molar-refractivity contribution in [1.82, 2.24) is 4.98 Å². The van der Waals surface area contributed by atoms with Gasteiger partial charge in [0.05, 0.1) is 5.69 Å². The van der Waals surface area contributed by atoms with Gasteiger partial charge in [-0.1, -0.05) is 30.3 Å². The molecule has 0 aliphatic carbocycles. The summed E-state index contributed by atoms with van der Waals surface area (Å²) >= 11 is 0. The van der Waals surface area contributed by atoms with Crippen LogP contribution in [0.2, 0.25) is 0 Å². The summed E-state index contributed by atoms with van der Waals surface area (Å²) in [6.07, 6.45) is 1.38. The number of aryl methyl sites for hydroxylation is 1. The van der Waals surface area contributed by atoms with Gasteiger partial charge in [0.1, 0.15) is 5.56 Å². The van der Waals surface area contributed by atoms with Crippen molar-refractivity contribution < 1.29 is 9.90 Å². The Morgan fingerprint density at radius 3 is 2.62 bits per heavy atom. The summed E-state index contributed by atoms with van der Waals surface area (Å²) in [7, 11) is 0. The highest BCUT2D eigenvalue weighted by atomic mass is 16.4. The van der Waals surface area contributed by atoms with Crippen LogP contribution < -0.4 is 5.32 Å². The molecule has 1 heterocycles. The number of aromatic nitrogens is 1. The molecule has 0 unspecified atom stereocenters. The van der Waals surface area contributed by atoms with Crippen LogP contribution in [0.15, 0.2) is 54.7 Å². The van der Waals surface area contributed by atoms with Crippen LogP contribution in [0.5, 0.6) is 0 Å². The van der Waals surface area contributed by atoms with E-state index in [1.165, 1.54) is 6.20 Å². The first-order valence-corrected chi connectivity index (χ1v) is 6.59. The van der Waals surface area contributed by atoms with Crippen molar-refractivity contribution >= 4 is 28.1 Å². The standard InChI is InChI=1S/C17H14N2O2/c1-11-8-16(15(10-18-11)17(20)21)19-14-7-6-12-4-2-3-5-13(12)9-14/h2-10H,1H3,(H,18,19)(H,20,21). The predicted octanol–water partition coefficient (Wildman–Crippen LogP) is 3.99. The maximum absolute atomic E-state index is 11.3. The molecule has 0 amide bonds. The van der Waals surface area contributed by atoms with Gasteiger partial charge in [0.2, 0.25) is 0 Å². The fourth-order valence-corrected chi connectivity index (χ4v) is 2.26. The molecule has 0 aliphatic heterocycles. The highest BCUT2D eigenvalue weighted by molar-refractivity contribution is 5.95. The summed E-state index contributed by atoms with van der Waals surface area (Å²) < 4.78 is 0. The second kappa shape index (κ2) is 5.25. The van der Waals surface area contributed by atoms with E-state index in [9.17, 15) is 9.90 Å². The van der Waals surface area contributed by atoms with Gasteiger partial charge in [-0.3, -0.25) is 4.98 Å². The van der Waals surface area contributed by atoms with Gasteiger partial charge in [0.25, 0.3) is 0 Å². The number of rotatable bonds is 3. The number of carboxylic acid groups (broad SMARTS) is 1. The van der Waals surface area contributed by atoms with Gasteiger partial charge >= 0.3 is 5.97 Å². The number of nitrogens with one attached hydrogen (secondary N) is 1. The van der Waals surface area contributed by atoms with E-state index < -0.39 is 5.97 Å². The van der Waals surface area contributed by atoms with Crippen LogP contribution >= 0.6 is 0 Å². The van der Waals surface area contributed by atoms with Crippen LogP contribution in [-0.4, -0.2) is 16.1 Å². The lowest BCUT2D eigenvalue weighted by molar-refractivity contribution is 0.0697. The van der Waals surface area contributed by atoms with Crippen molar-refractivity contribution in [2.45, 2.75) is 6.92 Å². The van der Waals surface area contributed by atoms with Crippen LogP contribution in [0.1, 0.15) is 16.1 Å². The molecule has 0 saturated carbocycles. The summed E-state index contributed by atoms with van der Waals surface area (Å²) in [6, 6.07) is 15.7. The van der Waals surface area contributed by atoms with Crippen molar-refractivity contribution in [2.75, 3.05) is 5.32 Å². The normalized spacial score (nSPS) is 10.5. The zero-order chi connectivity index (χ0) is 14.8. The first-order valence-electron chi connectivity index (χ1n) is 6.59. The maximum atomic E-state index is 11.3. The number of carbonyl (C=O) groups is 1. The minimum atomic E-state index is -0.995. The highest BCUT2D eigenvalue weighted by Gasteiger charge is 2.11. The Balaban J connectivity index is 2.02. The van der Waals surface area contributed by atoms with Crippen LogP contribution in [0, 0.1) is 6.92 Å². The average molecular weight is 278 g/mol. The molecule has 0 saturated heterocycles. The van der Waals surface area contributed by atoms with Gasteiger partial charge in [-0.15, -0.1) is 0 Å². The lowest BCUT2D eigenvalue weighted by Gasteiger charge is -2.11. The number of hydrogen-bond donors (Lipinski definition) is 2. The summed E-state index contributed by atoms with van der Waals surface area (Å²) in [5, 5.41) is 14.6. The number of hydrogen-bond acceptors (Lipinski definition) is 3. The number of aromatic carboxylic acids is 1. The minimum absolute atomic E-state index is 0.161. The van der Waals surface area contributed by atoms with Crippen LogP contribution in [0.4, 0.5) is 11.4 Å². The van der Waals surface area contributed by atoms with E-state index in [4.69, 9.17) is 0 Å². The quantitative estimate of drug-likeness (QED) is 0.760.